The molecule has 3 rings (SSSR count). The summed E-state index contributed by atoms with van der Waals surface area (Å²) in [6, 6.07) is 14.2. The SMILES string of the molecule is C=CCN(CC(=O)N(Cc1ccco1)Cc1cccn1C)C(=O)COc1ccc(Cl)cc1. The van der Waals surface area contributed by atoms with E-state index in [1.165, 1.54) is 4.90 Å². The number of benzene rings is 1. The van der Waals surface area contributed by atoms with Gasteiger partial charge in [-0.1, -0.05) is 17.7 Å². The third kappa shape index (κ3) is 6.52. The summed E-state index contributed by atoms with van der Waals surface area (Å²) >= 11 is 5.87. The quantitative estimate of drug-likeness (QED) is 0.411. The van der Waals surface area contributed by atoms with Crippen molar-refractivity contribution in [1.29, 1.82) is 0 Å². The zero-order chi connectivity index (χ0) is 22.9. The van der Waals surface area contributed by atoms with Crippen LogP contribution < -0.4 is 4.74 Å². The molecule has 0 aliphatic heterocycles. The zero-order valence-electron chi connectivity index (χ0n) is 17.9. The van der Waals surface area contributed by atoms with Crippen LogP contribution >= 0.6 is 11.6 Å². The fourth-order valence-corrected chi connectivity index (χ4v) is 3.25. The number of aryl methyl sites for hydroxylation is 1. The highest BCUT2D eigenvalue weighted by atomic mass is 35.5. The Labute approximate surface area is 192 Å². The maximum Gasteiger partial charge on any atom is 0.261 e. The van der Waals surface area contributed by atoms with Crippen molar-refractivity contribution in [1.82, 2.24) is 14.4 Å². The van der Waals surface area contributed by atoms with Crippen molar-refractivity contribution in [2.24, 2.45) is 7.05 Å². The van der Waals surface area contributed by atoms with Gasteiger partial charge in [0.15, 0.2) is 6.61 Å². The van der Waals surface area contributed by atoms with Gasteiger partial charge < -0.3 is 23.5 Å². The minimum absolute atomic E-state index is 0.0973. The second kappa shape index (κ2) is 11.2. The van der Waals surface area contributed by atoms with Crippen molar-refractivity contribution in [3.8, 4) is 5.75 Å². The van der Waals surface area contributed by atoms with Crippen LogP contribution in [0.4, 0.5) is 0 Å². The molecule has 0 atom stereocenters. The molecule has 0 spiro atoms. The number of rotatable bonds is 11. The number of ether oxygens (including phenoxy) is 1. The van der Waals surface area contributed by atoms with Gasteiger partial charge in [0.2, 0.25) is 5.91 Å². The number of halogens is 1. The number of furan rings is 1. The molecule has 1 aromatic carbocycles. The van der Waals surface area contributed by atoms with Gasteiger partial charge in [0.05, 0.1) is 19.4 Å². The Morgan fingerprint density at radius 1 is 1.09 bits per heavy atom. The summed E-state index contributed by atoms with van der Waals surface area (Å²) in [5.74, 6) is 0.672. The largest absolute Gasteiger partial charge is 0.484 e. The monoisotopic (exact) mass is 455 g/mol. The highest BCUT2D eigenvalue weighted by molar-refractivity contribution is 6.30. The van der Waals surface area contributed by atoms with E-state index < -0.39 is 0 Å². The molecule has 0 saturated carbocycles. The smallest absolute Gasteiger partial charge is 0.261 e. The standard InChI is InChI=1S/C24H26ClN3O4/c1-3-12-27(24(30)18-32-21-10-8-19(25)9-11-21)17-23(29)28(16-22-7-5-14-31-22)15-20-6-4-13-26(20)2/h3-11,13-14H,1,12,15-18H2,2H3. The van der Waals surface area contributed by atoms with Crippen molar-refractivity contribution in [3.05, 3.63) is 90.1 Å². The third-order valence-electron chi connectivity index (χ3n) is 4.89. The van der Waals surface area contributed by atoms with Crippen LogP contribution in [0, 0.1) is 0 Å². The fraction of sp³-hybridized carbons (Fsp3) is 0.250. The Balaban J connectivity index is 1.67. The molecule has 168 valence electrons. The van der Waals surface area contributed by atoms with E-state index in [-0.39, 0.29) is 31.5 Å². The van der Waals surface area contributed by atoms with Gasteiger partial charge in [-0.25, -0.2) is 0 Å². The number of nitrogens with zero attached hydrogens (tertiary/aromatic N) is 3. The minimum Gasteiger partial charge on any atom is -0.484 e. The first-order valence-electron chi connectivity index (χ1n) is 10.1. The second-order valence-electron chi connectivity index (χ2n) is 7.25. The van der Waals surface area contributed by atoms with Gasteiger partial charge in [-0.2, -0.15) is 0 Å². The van der Waals surface area contributed by atoms with Gasteiger partial charge in [0.1, 0.15) is 18.1 Å². The van der Waals surface area contributed by atoms with Crippen molar-refractivity contribution in [3.63, 3.8) is 0 Å². The molecule has 3 aromatic rings. The summed E-state index contributed by atoms with van der Waals surface area (Å²) in [4.78, 5) is 29.0. The molecule has 0 radical (unpaired) electrons. The Kier molecular flexibility index (Phi) is 8.16. The van der Waals surface area contributed by atoms with Crippen molar-refractivity contribution < 1.29 is 18.7 Å². The van der Waals surface area contributed by atoms with E-state index in [0.717, 1.165) is 5.69 Å². The summed E-state index contributed by atoms with van der Waals surface area (Å²) in [5.41, 5.74) is 0.970. The summed E-state index contributed by atoms with van der Waals surface area (Å²) in [6.07, 6.45) is 5.08. The lowest BCUT2D eigenvalue weighted by Crippen LogP contribution is -2.44. The first kappa shape index (κ1) is 23.2. The van der Waals surface area contributed by atoms with E-state index in [0.29, 0.717) is 29.6 Å². The molecule has 2 aromatic heterocycles. The van der Waals surface area contributed by atoms with E-state index in [2.05, 4.69) is 6.58 Å². The van der Waals surface area contributed by atoms with Crippen LogP contribution in [0.2, 0.25) is 5.02 Å². The lowest BCUT2D eigenvalue weighted by molar-refractivity contribution is -0.142. The average molecular weight is 456 g/mol. The Bertz CT molecular complexity index is 1030. The second-order valence-corrected chi connectivity index (χ2v) is 7.68. The average Bonchev–Trinajstić information content (AvgIpc) is 3.44. The van der Waals surface area contributed by atoms with E-state index >= 15 is 0 Å². The molecule has 0 fully saturated rings. The van der Waals surface area contributed by atoms with Crippen LogP contribution in [0.5, 0.6) is 5.75 Å². The third-order valence-corrected chi connectivity index (χ3v) is 5.14. The summed E-state index contributed by atoms with van der Waals surface area (Å²) < 4.78 is 12.9. The Hall–Kier alpha value is -3.45. The van der Waals surface area contributed by atoms with Crippen LogP contribution in [-0.4, -0.2) is 45.9 Å². The van der Waals surface area contributed by atoms with Crippen molar-refractivity contribution in [2.45, 2.75) is 13.1 Å². The number of hydrogen-bond donors (Lipinski definition) is 0. The number of aromatic nitrogens is 1. The van der Waals surface area contributed by atoms with Gasteiger partial charge in [0.25, 0.3) is 5.91 Å². The zero-order valence-corrected chi connectivity index (χ0v) is 18.7. The van der Waals surface area contributed by atoms with Gasteiger partial charge in [-0.05, 0) is 48.5 Å². The fourth-order valence-electron chi connectivity index (χ4n) is 3.12. The maximum atomic E-state index is 13.2. The number of amides is 2. The topological polar surface area (TPSA) is 67.9 Å². The van der Waals surface area contributed by atoms with Crippen LogP contribution in [0.3, 0.4) is 0 Å². The summed E-state index contributed by atoms with van der Waals surface area (Å²) in [7, 11) is 1.92. The minimum atomic E-state index is -0.315. The van der Waals surface area contributed by atoms with Gasteiger partial charge >= 0.3 is 0 Å². The van der Waals surface area contributed by atoms with Crippen LogP contribution in [0.25, 0.3) is 0 Å². The normalized spacial score (nSPS) is 10.6. The lowest BCUT2D eigenvalue weighted by atomic mass is 10.3. The molecule has 2 amide bonds. The van der Waals surface area contributed by atoms with Crippen LogP contribution in [0.1, 0.15) is 11.5 Å². The molecule has 0 aliphatic rings. The number of carbonyl (C=O) groups is 2. The molecule has 8 heteroatoms. The molecular formula is C24H26ClN3O4. The van der Waals surface area contributed by atoms with Crippen molar-refractivity contribution >= 4 is 23.4 Å². The first-order chi connectivity index (χ1) is 15.5. The predicted molar refractivity (Wildman–Crippen MR) is 122 cm³/mol. The molecule has 0 bridgehead atoms. The highest BCUT2D eigenvalue weighted by Crippen LogP contribution is 2.16. The number of hydrogen-bond acceptors (Lipinski definition) is 4. The maximum absolute atomic E-state index is 13.2. The summed E-state index contributed by atoms with van der Waals surface area (Å²) in [5, 5.41) is 0.581. The van der Waals surface area contributed by atoms with Crippen LogP contribution in [0.15, 0.2) is 78.1 Å². The first-order valence-corrected chi connectivity index (χ1v) is 10.5. The number of carbonyl (C=O) groups excluding carboxylic acids is 2. The highest BCUT2D eigenvalue weighted by Gasteiger charge is 2.22. The van der Waals surface area contributed by atoms with E-state index in [1.54, 1.807) is 47.6 Å². The van der Waals surface area contributed by atoms with Crippen LogP contribution in [-0.2, 0) is 29.7 Å². The molecule has 0 unspecified atom stereocenters. The Morgan fingerprint density at radius 2 is 1.88 bits per heavy atom. The predicted octanol–water partition coefficient (Wildman–Crippen LogP) is 3.89. The molecule has 2 heterocycles. The van der Waals surface area contributed by atoms with E-state index in [1.807, 2.05) is 36.0 Å². The molecular weight excluding hydrogens is 430 g/mol. The molecule has 0 aliphatic carbocycles. The molecule has 0 saturated heterocycles. The van der Waals surface area contributed by atoms with Gasteiger partial charge in [-0.3, -0.25) is 9.59 Å². The van der Waals surface area contributed by atoms with E-state index in [9.17, 15) is 9.59 Å². The van der Waals surface area contributed by atoms with Crippen molar-refractivity contribution in [2.75, 3.05) is 19.7 Å². The lowest BCUT2D eigenvalue weighted by Gasteiger charge is -2.27. The molecule has 7 nitrogen and oxygen atoms in total. The van der Waals surface area contributed by atoms with E-state index in [4.69, 9.17) is 20.8 Å². The van der Waals surface area contributed by atoms with Gasteiger partial charge in [0, 0.05) is 30.5 Å². The Morgan fingerprint density at radius 3 is 2.50 bits per heavy atom. The van der Waals surface area contributed by atoms with Gasteiger partial charge in [-0.15, -0.1) is 6.58 Å². The molecule has 32 heavy (non-hydrogen) atoms. The summed E-state index contributed by atoms with van der Waals surface area (Å²) in [6.45, 7) is 4.33. The molecule has 0 N–H and O–H groups in total.